The van der Waals surface area contributed by atoms with E-state index >= 15 is 0 Å². The van der Waals surface area contributed by atoms with Crippen LogP contribution < -0.4 is 0 Å². The van der Waals surface area contributed by atoms with Crippen LogP contribution in [0.15, 0.2) is 29.2 Å². The van der Waals surface area contributed by atoms with Gasteiger partial charge in [0.15, 0.2) is 5.60 Å². The maximum Gasteiger partial charge on any atom is 0.338 e. The molecule has 1 aliphatic heterocycles. The number of halogens is 2. The molecule has 1 heterocycles. The van der Waals surface area contributed by atoms with Gasteiger partial charge in [0.2, 0.25) is 10.0 Å². The predicted molar refractivity (Wildman–Crippen MR) is 62.7 cm³/mol. The number of benzene rings is 1. The summed E-state index contributed by atoms with van der Waals surface area (Å²) >= 11 is 0. The second-order valence-corrected chi connectivity index (χ2v) is 6.42. The topological polar surface area (TPSA) is 94.9 Å². The van der Waals surface area contributed by atoms with E-state index in [1.165, 1.54) is 6.07 Å². The Labute approximate surface area is 113 Å². The molecule has 2 N–H and O–H groups in total. The summed E-state index contributed by atoms with van der Waals surface area (Å²) in [6.07, 6.45) is -2.81. The van der Waals surface area contributed by atoms with Gasteiger partial charge in [0, 0.05) is 5.56 Å². The lowest BCUT2D eigenvalue weighted by Gasteiger charge is -2.41. The Morgan fingerprint density at radius 2 is 1.95 bits per heavy atom. The highest BCUT2D eigenvalue weighted by atomic mass is 32.2. The minimum Gasteiger partial charge on any atom is -0.479 e. The van der Waals surface area contributed by atoms with E-state index < -0.39 is 46.7 Å². The van der Waals surface area contributed by atoms with E-state index in [0.29, 0.717) is 0 Å². The monoisotopic (exact) mass is 307 g/mol. The summed E-state index contributed by atoms with van der Waals surface area (Å²) in [6.45, 7) is -1.22. The Kier molecular flexibility index (Phi) is 3.53. The number of sulfonamides is 1. The fourth-order valence-electron chi connectivity index (χ4n) is 1.80. The normalized spacial score (nSPS) is 18.8. The Morgan fingerprint density at radius 3 is 2.45 bits per heavy atom. The smallest absolute Gasteiger partial charge is 0.338 e. The first kappa shape index (κ1) is 14.8. The molecule has 0 bridgehead atoms. The summed E-state index contributed by atoms with van der Waals surface area (Å²) in [4.78, 5) is 10.3. The van der Waals surface area contributed by atoms with Crippen LogP contribution in [0.1, 0.15) is 12.0 Å². The molecule has 110 valence electrons. The van der Waals surface area contributed by atoms with E-state index in [4.69, 9.17) is 5.11 Å². The van der Waals surface area contributed by atoms with Crippen molar-refractivity contribution in [1.29, 1.82) is 0 Å². The first-order valence-electron chi connectivity index (χ1n) is 5.51. The fraction of sp³-hybridized carbons (Fsp3) is 0.364. The Bertz CT molecular complexity index is 640. The molecule has 1 fully saturated rings. The molecule has 0 spiro atoms. The Balaban J connectivity index is 2.25. The lowest BCUT2D eigenvalue weighted by atomic mass is 9.98. The lowest BCUT2D eigenvalue weighted by molar-refractivity contribution is -0.170. The number of carboxylic acid groups (broad SMARTS) is 1. The summed E-state index contributed by atoms with van der Waals surface area (Å²) in [5.74, 6) is -1.52. The van der Waals surface area contributed by atoms with Crippen LogP contribution in [0, 0.1) is 0 Å². The van der Waals surface area contributed by atoms with Crippen molar-refractivity contribution in [2.24, 2.45) is 0 Å². The molecule has 1 saturated heterocycles. The van der Waals surface area contributed by atoms with E-state index in [9.17, 15) is 27.1 Å². The maximum absolute atomic E-state index is 12.5. The molecule has 1 aromatic rings. The molecule has 9 heteroatoms. The van der Waals surface area contributed by atoms with Crippen LogP contribution in [0.2, 0.25) is 0 Å². The molecule has 0 atom stereocenters. The second-order valence-electron chi connectivity index (χ2n) is 4.48. The van der Waals surface area contributed by atoms with Crippen molar-refractivity contribution in [2.75, 3.05) is 13.1 Å². The molecule has 2 rings (SSSR count). The third-order valence-electron chi connectivity index (χ3n) is 3.02. The first-order chi connectivity index (χ1) is 9.17. The third-order valence-corrected chi connectivity index (χ3v) is 4.81. The summed E-state index contributed by atoms with van der Waals surface area (Å²) in [7, 11) is -4.09. The summed E-state index contributed by atoms with van der Waals surface area (Å²) < 4.78 is 50.0. The zero-order valence-corrected chi connectivity index (χ0v) is 10.8. The van der Waals surface area contributed by atoms with Gasteiger partial charge in [0.1, 0.15) is 0 Å². The van der Waals surface area contributed by atoms with Crippen LogP contribution in [0.5, 0.6) is 0 Å². The number of carboxylic acids is 1. The van der Waals surface area contributed by atoms with Gasteiger partial charge in [0.05, 0.1) is 18.0 Å². The zero-order chi connectivity index (χ0) is 15.1. The largest absolute Gasteiger partial charge is 0.479 e. The van der Waals surface area contributed by atoms with Crippen molar-refractivity contribution in [3.05, 3.63) is 29.8 Å². The molecular formula is C11H11F2NO5S. The Hall–Kier alpha value is -1.58. The minimum atomic E-state index is -4.09. The summed E-state index contributed by atoms with van der Waals surface area (Å²) in [5.41, 5.74) is -2.56. The van der Waals surface area contributed by atoms with E-state index in [1.807, 2.05) is 0 Å². The standard InChI is InChI=1S/C11H11F2NO5S/c12-9(13)7-2-1-3-8(4-7)20(18,19)14-5-11(17,6-14)10(15)16/h1-4,9,17H,5-6H2,(H,15,16). The molecule has 0 aliphatic carbocycles. The number of alkyl halides is 2. The molecular weight excluding hydrogens is 296 g/mol. The number of carbonyl (C=O) groups is 1. The van der Waals surface area contributed by atoms with E-state index in [1.54, 1.807) is 0 Å². The maximum atomic E-state index is 12.5. The number of hydrogen-bond acceptors (Lipinski definition) is 4. The highest BCUT2D eigenvalue weighted by molar-refractivity contribution is 7.89. The molecule has 1 aliphatic rings. The molecule has 0 amide bonds. The molecule has 20 heavy (non-hydrogen) atoms. The second kappa shape index (κ2) is 4.76. The van der Waals surface area contributed by atoms with Crippen molar-refractivity contribution in [2.45, 2.75) is 16.9 Å². The van der Waals surface area contributed by atoms with Crippen molar-refractivity contribution in [3.8, 4) is 0 Å². The van der Waals surface area contributed by atoms with Gasteiger partial charge in [-0.2, -0.15) is 4.31 Å². The highest BCUT2D eigenvalue weighted by Crippen LogP contribution is 2.30. The van der Waals surface area contributed by atoms with E-state index in [-0.39, 0.29) is 4.90 Å². The van der Waals surface area contributed by atoms with Crippen molar-refractivity contribution in [1.82, 2.24) is 4.31 Å². The molecule has 0 saturated carbocycles. The van der Waals surface area contributed by atoms with Gasteiger partial charge in [-0.3, -0.25) is 0 Å². The van der Waals surface area contributed by atoms with Gasteiger partial charge in [-0.25, -0.2) is 22.0 Å². The van der Waals surface area contributed by atoms with Crippen molar-refractivity contribution < 1.29 is 32.2 Å². The number of aliphatic hydroxyl groups is 1. The Morgan fingerprint density at radius 1 is 1.35 bits per heavy atom. The fourth-order valence-corrected chi connectivity index (χ4v) is 3.40. The van der Waals surface area contributed by atoms with Crippen LogP contribution in [0.25, 0.3) is 0 Å². The molecule has 0 unspecified atom stereocenters. The van der Waals surface area contributed by atoms with Crippen molar-refractivity contribution in [3.63, 3.8) is 0 Å². The summed E-state index contributed by atoms with van der Waals surface area (Å²) in [6, 6.07) is 4.24. The van der Waals surface area contributed by atoms with Gasteiger partial charge in [-0.1, -0.05) is 12.1 Å². The van der Waals surface area contributed by atoms with Crippen LogP contribution in [-0.2, 0) is 14.8 Å². The first-order valence-corrected chi connectivity index (χ1v) is 6.95. The van der Waals surface area contributed by atoms with Gasteiger partial charge >= 0.3 is 5.97 Å². The number of aliphatic carboxylic acids is 1. The molecule has 0 radical (unpaired) electrons. The average molecular weight is 307 g/mol. The van der Waals surface area contributed by atoms with E-state index in [2.05, 4.69) is 0 Å². The molecule has 0 aromatic heterocycles. The predicted octanol–water partition coefficient (Wildman–Crippen LogP) is 0.444. The zero-order valence-electron chi connectivity index (χ0n) is 10.0. The number of β-amino-alcohol motifs (C(OH)–C–C–N with tert-alkyl or cyclic N) is 1. The number of rotatable bonds is 4. The van der Waals surface area contributed by atoms with Crippen LogP contribution >= 0.6 is 0 Å². The number of nitrogens with zero attached hydrogens (tertiary/aromatic N) is 1. The SMILES string of the molecule is O=C(O)C1(O)CN(S(=O)(=O)c2cccc(C(F)F)c2)C1. The lowest BCUT2D eigenvalue weighted by Crippen LogP contribution is -2.67. The summed E-state index contributed by atoms with van der Waals surface area (Å²) in [5, 5.41) is 18.2. The molecule has 1 aromatic carbocycles. The highest BCUT2D eigenvalue weighted by Gasteiger charge is 2.52. The number of hydrogen-bond donors (Lipinski definition) is 2. The molecule has 6 nitrogen and oxygen atoms in total. The quantitative estimate of drug-likeness (QED) is 0.842. The van der Waals surface area contributed by atoms with Crippen LogP contribution in [0.4, 0.5) is 8.78 Å². The third kappa shape index (κ3) is 2.39. The van der Waals surface area contributed by atoms with Crippen LogP contribution in [-0.4, -0.2) is 47.6 Å². The van der Waals surface area contributed by atoms with E-state index in [0.717, 1.165) is 22.5 Å². The van der Waals surface area contributed by atoms with Crippen molar-refractivity contribution >= 4 is 16.0 Å². The van der Waals surface area contributed by atoms with Crippen LogP contribution in [0.3, 0.4) is 0 Å². The van der Waals surface area contributed by atoms with Gasteiger partial charge in [0.25, 0.3) is 6.43 Å². The minimum absolute atomic E-state index is 0.359. The average Bonchev–Trinajstić information content (AvgIpc) is 2.34. The van der Waals surface area contributed by atoms with Gasteiger partial charge < -0.3 is 10.2 Å². The van der Waals surface area contributed by atoms with Gasteiger partial charge in [-0.15, -0.1) is 0 Å². The van der Waals surface area contributed by atoms with Gasteiger partial charge in [-0.05, 0) is 12.1 Å².